The molecule has 0 aliphatic carbocycles. The van der Waals surface area contributed by atoms with E-state index < -0.39 is 15.8 Å². The maximum atomic E-state index is 13.3. The minimum atomic E-state index is -3.12. The molecule has 1 unspecified atom stereocenters. The van der Waals surface area contributed by atoms with Crippen LogP contribution in [0.5, 0.6) is 5.75 Å². The third-order valence-electron chi connectivity index (χ3n) is 3.70. The van der Waals surface area contributed by atoms with Gasteiger partial charge < -0.3 is 10.1 Å². The molecule has 1 heterocycles. The van der Waals surface area contributed by atoms with Crippen molar-refractivity contribution < 1.29 is 17.5 Å². The van der Waals surface area contributed by atoms with Crippen LogP contribution in [0.1, 0.15) is 12.8 Å². The highest BCUT2D eigenvalue weighted by Gasteiger charge is 2.25. The maximum absolute atomic E-state index is 13.3. The lowest BCUT2D eigenvalue weighted by molar-refractivity contribution is 0.277. The Morgan fingerprint density at radius 1 is 1.48 bits per heavy atom. The fourth-order valence-electron chi connectivity index (χ4n) is 2.53. The third kappa shape index (κ3) is 4.31. The van der Waals surface area contributed by atoms with Gasteiger partial charge in [-0.3, -0.25) is 0 Å². The highest BCUT2D eigenvalue weighted by atomic mass is 32.2. The van der Waals surface area contributed by atoms with E-state index in [4.69, 9.17) is 4.74 Å². The van der Waals surface area contributed by atoms with Crippen molar-refractivity contribution in [1.82, 2.24) is 4.31 Å². The topological polar surface area (TPSA) is 58.6 Å². The SMILES string of the molecule is COc1cc(NCC2CCCN(S(C)(=O)=O)C2)ccc1F. The van der Waals surface area contributed by atoms with Crippen molar-refractivity contribution in [1.29, 1.82) is 0 Å². The molecule has 0 radical (unpaired) electrons. The molecule has 0 spiro atoms. The number of hydrogen-bond acceptors (Lipinski definition) is 4. The molecule has 1 aromatic rings. The van der Waals surface area contributed by atoms with E-state index in [2.05, 4.69) is 5.32 Å². The number of ether oxygens (including phenoxy) is 1. The van der Waals surface area contributed by atoms with Crippen LogP contribution in [0.2, 0.25) is 0 Å². The summed E-state index contributed by atoms with van der Waals surface area (Å²) >= 11 is 0. The van der Waals surface area contributed by atoms with Gasteiger partial charge in [-0.1, -0.05) is 0 Å². The highest BCUT2D eigenvalue weighted by molar-refractivity contribution is 7.88. The Morgan fingerprint density at radius 3 is 2.90 bits per heavy atom. The van der Waals surface area contributed by atoms with Crippen molar-refractivity contribution in [3.63, 3.8) is 0 Å². The average Bonchev–Trinajstić information content (AvgIpc) is 2.46. The molecule has 0 amide bonds. The summed E-state index contributed by atoms with van der Waals surface area (Å²) in [5.41, 5.74) is 0.768. The fraction of sp³-hybridized carbons (Fsp3) is 0.571. The van der Waals surface area contributed by atoms with Crippen molar-refractivity contribution in [2.45, 2.75) is 12.8 Å². The third-order valence-corrected chi connectivity index (χ3v) is 4.97. The fourth-order valence-corrected chi connectivity index (χ4v) is 3.47. The van der Waals surface area contributed by atoms with Crippen molar-refractivity contribution >= 4 is 15.7 Å². The Hall–Kier alpha value is -1.34. The molecular formula is C14H21FN2O3S. The Kier molecular flexibility index (Phi) is 5.05. The van der Waals surface area contributed by atoms with Crippen LogP contribution in [0.4, 0.5) is 10.1 Å². The summed E-state index contributed by atoms with van der Waals surface area (Å²) in [4.78, 5) is 0. The molecule has 2 rings (SSSR count). The summed E-state index contributed by atoms with van der Waals surface area (Å²) in [7, 11) is -1.70. The second-order valence-electron chi connectivity index (χ2n) is 5.36. The zero-order valence-electron chi connectivity index (χ0n) is 12.3. The number of nitrogens with zero attached hydrogens (tertiary/aromatic N) is 1. The molecule has 1 fully saturated rings. The van der Waals surface area contributed by atoms with E-state index >= 15 is 0 Å². The van der Waals surface area contributed by atoms with E-state index in [1.54, 1.807) is 12.1 Å². The van der Waals surface area contributed by atoms with Gasteiger partial charge in [-0.05, 0) is 30.9 Å². The largest absolute Gasteiger partial charge is 0.494 e. The molecule has 7 heteroatoms. The van der Waals surface area contributed by atoms with Crippen LogP contribution in [0.15, 0.2) is 18.2 Å². The van der Waals surface area contributed by atoms with E-state index in [-0.39, 0.29) is 11.7 Å². The molecule has 118 valence electrons. The van der Waals surface area contributed by atoms with Gasteiger partial charge in [0.2, 0.25) is 10.0 Å². The maximum Gasteiger partial charge on any atom is 0.211 e. The second-order valence-corrected chi connectivity index (χ2v) is 7.34. The lowest BCUT2D eigenvalue weighted by atomic mass is 9.99. The van der Waals surface area contributed by atoms with Crippen LogP contribution >= 0.6 is 0 Å². The number of sulfonamides is 1. The van der Waals surface area contributed by atoms with Gasteiger partial charge in [0, 0.05) is 31.4 Å². The first-order valence-electron chi connectivity index (χ1n) is 6.92. The van der Waals surface area contributed by atoms with Crippen LogP contribution in [0.3, 0.4) is 0 Å². The molecule has 1 N–H and O–H groups in total. The van der Waals surface area contributed by atoms with Crippen molar-refractivity contribution in [3.8, 4) is 5.75 Å². The predicted molar refractivity (Wildman–Crippen MR) is 80.6 cm³/mol. The molecule has 21 heavy (non-hydrogen) atoms. The lowest BCUT2D eigenvalue weighted by Gasteiger charge is -2.31. The first kappa shape index (κ1) is 16.0. The molecule has 5 nitrogen and oxygen atoms in total. The number of benzene rings is 1. The van der Waals surface area contributed by atoms with E-state index in [1.807, 2.05) is 0 Å². The van der Waals surface area contributed by atoms with E-state index in [0.717, 1.165) is 18.5 Å². The minimum absolute atomic E-state index is 0.196. The van der Waals surface area contributed by atoms with E-state index in [0.29, 0.717) is 19.6 Å². The summed E-state index contributed by atoms with van der Waals surface area (Å²) in [6.45, 7) is 1.78. The molecule has 1 saturated heterocycles. The van der Waals surface area contributed by atoms with Crippen LogP contribution in [-0.2, 0) is 10.0 Å². The molecule has 1 atom stereocenters. The smallest absolute Gasteiger partial charge is 0.211 e. The highest BCUT2D eigenvalue weighted by Crippen LogP contribution is 2.23. The van der Waals surface area contributed by atoms with E-state index in [1.165, 1.54) is 23.7 Å². The molecule has 1 aliphatic heterocycles. The monoisotopic (exact) mass is 316 g/mol. The van der Waals surface area contributed by atoms with Crippen LogP contribution < -0.4 is 10.1 Å². The average molecular weight is 316 g/mol. The molecule has 1 aliphatic rings. The quantitative estimate of drug-likeness (QED) is 0.901. The van der Waals surface area contributed by atoms with Gasteiger partial charge in [-0.25, -0.2) is 17.1 Å². The predicted octanol–water partition coefficient (Wildman–Crippen LogP) is 1.92. The minimum Gasteiger partial charge on any atom is -0.494 e. The Morgan fingerprint density at radius 2 is 2.24 bits per heavy atom. The molecular weight excluding hydrogens is 295 g/mol. The van der Waals surface area contributed by atoms with Crippen molar-refractivity contribution in [3.05, 3.63) is 24.0 Å². The van der Waals surface area contributed by atoms with Gasteiger partial charge in [0.25, 0.3) is 0 Å². The van der Waals surface area contributed by atoms with Crippen molar-refractivity contribution in [2.75, 3.05) is 38.3 Å². The van der Waals surface area contributed by atoms with Gasteiger partial charge in [-0.2, -0.15) is 0 Å². The number of anilines is 1. The number of methoxy groups -OCH3 is 1. The van der Waals surface area contributed by atoms with Gasteiger partial charge in [0.1, 0.15) is 0 Å². The number of rotatable bonds is 5. The Labute approximate surface area is 125 Å². The normalized spacial score (nSPS) is 20.2. The van der Waals surface area contributed by atoms with Gasteiger partial charge >= 0.3 is 0 Å². The zero-order valence-corrected chi connectivity index (χ0v) is 13.1. The molecule has 0 aromatic heterocycles. The van der Waals surface area contributed by atoms with Crippen LogP contribution in [0.25, 0.3) is 0 Å². The van der Waals surface area contributed by atoms with Gasteiger partial charge in [0.05, 0.1) is 13.4 Å². The summed E-state index contributed by atoms with van der Waals surface area (Å²) in [5, 5.41) is 3.22. The van der Waals surface area contributed by atoms with E-state index in [9.17, 15) is 12.8 Å². The summed E-state index contributed by atoms with van der Waals surface area (Å²) in [6, 6.07) is 4.60. The lowest BCUT2D eigenvalue weighted by Crippen LogP contribution is -2.41. The number of halogens is 1. The van der Waals surface area contributed by atoms with Crippen LogP contribution in [0, 0.1) is 11.7 Å². The first-order chi connectivity index (χ1) is 9.90. The summed E-state index contributed by atoms with van der Waals surface area (Å²) in [5.74, 6) is 0.0508. The van der Waals surface area contributed by atoms with Gasteiger partial charge in [0.15, 0.2) is 11.6 Å². The van der Waals surface area contributed by atoms with Gasteiger partial charge in [-0.15, -0.1) is 0 Å². The Balaban J connectivity index is 1.94. The Bertz CT molecular complexity index is 592. The number of piperidine rings is 1. The molecule has 1 aromatic carbocycles. The zero-order chi connectivity index (χ0) is 15.5. The van der Waals surface area contributed by atoms with Crippen molar-refractivity contribution in [2.24, 2.45) is 5.92 Å². The second kappa shape index (κ2) is 6.62. The first-order valence-corrected chi connectivity index (χ1v) is 8.77. The number of nitrogens with one attached hydrogen (secondary N) is 1. The summed E-state index contributed by atoms with van der Waals surface area (Å²) in [6.07, 6.45) is 3.09. The molecule has 0 saturated carbocycles. The molecule has 0 bridgehead atoms. The van der Waals surface area contributed by atoms with Crippen LogP contribution in [-0.4, -0.2) is 45.7 Å². The summed E-state index contributed by atoms with van der Waals surface area (Å²) < 4.78 is 42.9. The number of hydrogen-bond donors (Lipinski definition) is 1. The standard InChI is InChI=1S/C14H21FN2O3S/c1-20-14-8-12(5-6-13(14)15)16-9-11-4-3-7-17(10-11)21(2,18)19/h5-6,8,11,16H,3-4,7,9-10H2,1-2H3.